The Labute approximate surface area is 204 Å². The van der Waals surface area contributed by atoms with Gasteiger partial charge in [0.2, 0.25) is 0 Å². The molecule has 0 aliphatic rings. The van der Waals surface area contributed by atoms with E-state index in [1.54, 1.807) is 0 Å². The molecular weight excluding hydrogens is 595 g/mol. The van der Waals surface area contributed by atoms with Crippen LogP contribution in [0.2, 0.25) is 0 Å². The number of rotatable bonds is 2. The van der Waals surface area contributed by atoms with E-state index in [1.807, 2.05) is 17.5 Å². The van der Waals surface area contributed by atoms with E-state index in [9.17, 15) is 4.79 Å². The van der Waals surface area contributed by atoms with Crippen LogP contribution in [0.25, 0.3) is 42.9 Å². The summed E-state index contributed by atoms with van der Waals surface area (Å²) in [5, 5.41) is 14.4. The Hall–Kier alpha value is -2.85. The molecule has 5 rings (SSSR count). The fourth-order valence-corrected chi connectivity index (χ4v) is 4.65. The van der Waals surface area contributed by atoms with Crippen LogP contribution in [0.15, 0.2) is 78.7 Å². The van der Waals surface area contributed by atoms with Gasteiger partial charge in [0.05, 0.1) is 5.76 Å². The standard InChI is InChI=1S/C22H14NS.C5H8O2.Ir/c1-14-12-20-21(24-14)10-11-23-22(20)19-13-15-6-2-3-7-16(15)17-8-4-5-9-18(17)19;1-4(6)3-5(2)7;/h2-12H,1H3;3,6H,1-2H3;/q-1;;/b;4-3-;. The van der Waals surface area contributed by atoms with Crippen molar-refractivity contribution >= 4 is 48.8 Å². The Kier molecular flexibility index (Phi) is 7.57. The monoisotopic (exact) mass is 617 g/mol. The molecule has 32 heavy (non-hydrogen) atoms. The Bertz CT molecular complexity index is 1450. The third kappa shape index (κ3) is 4.96. The van der Waals surface area contributed by atoms with Gasteiger partial charge in [-0.05, 0) is 38.3 Å². The molecule has 1 radical (unpaired) electrons. The van der Waals surface area contributed by atoms with Crippen LogP contribution >= 0.6 is 11.3 Å². The average molecular weight is 617 g/mol. The van der Waals surface area contributed by atoms with E-state index in [1.165, 1.54) is 51.0 Å². The summed E-state index contributed by atoms with van der Waals surface area (Å²) in [4.78, 5) is 16.1. The first kappa shape index (κ1) is 23.8. The molecule has 0 saturated heterocycles. The summed E-state index contributed by atoms with van der Waals surface area (Å²) in [6, 6.07) is 25.0. The number of aliphatic hydroxyl groups excluding tert-OH is 1. The second-order valence-corrected chi connectivity index (χ2v) is 8.70. The number of hydrogen-bond acceptors (Lipinski definition) is 4. The third-order valence-corrected chi connectivity index (χ3v) is 5.91. The van der Waals surface area contributed by atoms with E-state index in [2.05, 4.69) is 73.7 Å². The van der Waals surface area contributed by atoms with Crippen LogP contribution < -0.4 is 0 Å². The largest absolute Gasteiger partial charge is 0.512 e. The predicted octanol–water partition coefficient (Wildman–Crippen LogP) is 7.41. The van der Waals surface area contributed by atoms with Crippen molar-refractivity contribution in [2.45, 2.75) is 20.8 Å². The average Bonchev–Trinajstić information content (AvgIpc) is 3.13. The smallest absolute Gasteiger partial charge is 0.155 e. The number of carbonyl (C=O) groups excluding carboxylic acids is 1. The first-order valence-electron chi connectivity index (χ1n) is 10.00. The minimum absolute atomic E-state index is 0. The van der Waals surface area contributed by atoms with Gasteiger partial charge in [-0.15, -0.1) is 28.9 Å². The van der Waals surface area contributed by atoms with Gasteiger partial charge in [0.25, 0.3) is 0 Å². The Morgan fingerprint density at radius 2 is 1.62 bits per heavy atom. The van der Waals surface area contributed by atoms with Gasteiger partial charge in [-0.3, -0.25) is 9.78 Å². The van der Waals surface area contributed by atoms with Gasteiger partial charge in [0.15, 0.2) is 5.78 Å². The van der Waals surface area contributed by atoms with Gasteiger partial charge in [-0.25, -0.2) is 0 Å². The first-order chi connectivity index (χ1) is 14.9. The zero-order valence-corrected chi connectivity index (χ0v) is 21.2. The van der Waals surface area contributed by atoms with Gasteiger partial charge < -0.3 is 5.11 Å². The molecule has 3 nitrogen and oxygen atoms in total. The fourth-order valence-electron chi connectivity index (χ4n) is 3.74. The van der Waals surface area contributed by atoms with E-state index < -0.39 is 0 Å². The molecule has 0 saturated carbocycles. The molecule has 0 atom stereocenters. The summed E-state index contributed by atoms with van der Waals surface area (Å²) < 4.78 is 1.28. The number of aryl methyl sites for hydroxylation is 1. The van der Waals surface area contributed by atoms with Gasteiger partial charge in [0, 0.05) is 47.6 Å². The van der Waals surface area contributed by atoms with E-state index in [0.717, 1.165) is 16.6 Å². The van der Waals surface area contributed by atoms with Gasteiger partial charge >= 0.3 is 0 Å². The molecule has 5 aromatic rings. The van der Waals surface area contributed by atoms with Gasteiger partial charge in [-0.1, -0.05) is 64.2 Å². The number of nitrogens with zero attached hydrogens (tertiary/aromatic N) is 1. The Balaban J connectivity index is 0.000000318. The van der Waals surface area contributed by atoms with Crippen LogP contribution in [0.3, 0.4) is 0 Å². The minimum atomic E-state index is -0.125. The molecule has 163 valence electrons. The number of thiophene rings is 1. The summed E-state index contributed by atoms with van der Waals surface area (Å²) in [6.45, 7) is 5.00. The van der Waals surface area contributed by atoms with Crippen molar-refractivity contribution in [3.63, 3.8) is 0 Å². The topological polar surface area (TPSA) is 50.2 Å². The quantitative estimate of drug-likeness (QED) is 0.0973. The van der Waals surface area contributed by atoms with Crippen LogP contribution in [-0.2, 0) is 24.9 Å². The Morgan fingerprint density at radius 1 is 0.969 bits per heavy atom. The van der Waals surface area contributed by atoms with E-state index in [0.29, 0.717) is 0 Å². The van der Waals surface area contributed by atoms with Crippen LogP contribution in [0.1, 0.15) is 18.7 Å². The normalized spacial score (nSPS) is 11.2. The molecule has 0 amide bonds. The number of carbonyl (C=O) groups is 1. The number of ketones is 1. The first-order valence-corrected chi connectivity index (χ1v) is 10.8. The predicted molar refractivity (Wildman–Crippen MR) is 131 cm³/mol. The number of hydrogen-bond donors (Lipinski definition) is 1. The molecular formula is C27H22IrNO2S-. The SMILES string of the molecule is CC(=O)/C=C(/C)O.Cc1cc2c(-c3[c-]c4ccccc4c4ccccc34)nccc2s1.[Ir]. The molecule has 0 aliphatic carbocycles. The van der Waals surface area contributed by atoms with Crippen molar-refractivity contribution in [3.8, 4) is 11.3 Å². The fraction of sp³-hybridized carbons (Fsp3) is 0.111. The maximum atomic E-state index is 10.0. The molecule has 0 unspecified atom stereocenters. The zero-order chi connectivity index (χ0) is 22.0. The number of allylic oxidation sites excluding steroid dienone is 2. The molecule has 1 N–H and O–H groups in total. The van der Waals surface area contributed by atoms with Crippen molar-refractivity contribution in [2.24, 2.45) is 0 Å². The third-order valence-electron chi connectivity index (χ3n) is 4.89. The van der Waals surface area contributed by atoms with E-state index >= 15 is 0 Å². The second-order valence-electron chi connectivity index (χ2n) is 7.42. The molecule has 2 heterocycles. The zero-order valence-electron chi connectivity index (χ0n) is 18.0. The summed E-state index contributed by atoms with van der Waals surface area (Å²) in [5.74, 6) is -0.0625. The molecule has 0 spiro atoms. The summed E-state index contributed by atoms with van der Waals surface area (Å²) in [5.41, 5.74) is 2.12. The van der Waals surface area contributed by atoms with Crippen molar-refractivity contribution in [3.05, 3.63) is 89.6 Å². The van der Waals surface area contributed by atoms with Crippen molar-refractivity contribution in [1.29, 1.82) is 0 Å². The summed E-state index contributed by atoms with van der Waals surface area (Å²) in [7, 11) is 0. The maximum absolute atomic E-state index is 10.0. The van der Waals surface area contributed by atoms with Gasteiger partial charge in [0.1, 0.15) is 0 Å². The van der Waals surface area contributed by atoms with Crippen LogP contribution in [0.5, 0.6) is 0 Å². The summed E-state index contributed by atoms with van der Waals surface area (Å²) >= 11 is 1.82. The summed E-state index contributed by atoms with van der Waals surface area (Å²) in [6.07, 6.45) is 3.07. The second kappa shape index (κ2) is 10.2. The molecule has 0 bridgehead atoms. The van der Waals surface area contributed by atoms with Crippen molar-refractivity contribution in [2.75, 3.05) is 0 Å². The van der Waals surface area contributed by atoms with Crippen molar-refractivity contribution < 1.29 is 30.0 Å². The Morgan fingerprint density at radius 3 is 2.28 bits per heavy atom. The number of aliphatic hydroxyl groups is 1. The maximum Gasteiger partial charge on any atom is 0.155 e. The van der Waals surface area contributed by atoms with Crippen molar-refractivity contribution in [1.82, 2.24) is 4.98 Å². The number of fused-ring (bicyclic) bond motifs is 4. The number of benzene rings is 3. The van der Waals surface area contributed by atoms with E-state index in [-0.39, 0.29) is 31.6 Å². The number of aromatic nitrogens is 1. The van der Waals surface area contributed by atoms with Crippen LogP contribution in [0, 0.1) is 13.0 Å². The molecule has 3 aromatic carbocycles. The van der Waals surface area contributed by atoms with Crippen LogP contribution in [0.4, 0.5) is 0 Å². The minimum Gasteiger partial charge on any atom is -0.512 e. The molecule has 0 aliphatic heterocycles. The number of pyridine rings is 1. The van der Waals surface area contributed by atoms with Crippen LogP contribution in [-0.4, -0.2) is 15.9 Å². The molecule has 0 fully saturated rings. The van der Waals surface area contributed by atoms with Gasteiger partial charge in [-0.2, -0.15) is 0 Å². The molecule has 5 heteroatoms. The molecule has 2 aromatic heterocycles. The van der Waals surface area contributed by atoms with E-state index in [4.69, 9.17) is 10.1 Å².